The van der Waals surface area contributed by atoms with Gasteiger partial charge >= 0.3 is 0 Å². The number of alkyl halides is 1. The first kappa shape index (κ1) is 36.6. The third kappa shape index (κ3) is 11.8. The second kappa shape index (κ2) is 20.4. The standard InChI is InChI=1S/C20H37FN2O.C11H9NO2.C4H10O/c1-3-16(10-7-11-18(22)14-21)20(24)23-13-12-19(15(23)2)17-8-5-4-6-9-17;13-6-8-3-9-1-2-11(12-7-14)5-10(9)4-8;1-3-4-5-2/h15-19H,3-14,22H2,1-2H3;1-2,4-7H,3H2,(H,12,14);3-4H2,1-2H3. The molecule has 0 radical (unpaired) electrons. The van der Waals surface area contributed by atoms with Crippen molar-refractivity contribution in [1.29, 1.82) is 0 Å². The van der Waals surface area contributed by atoms with Crippen molar-refractivity contribution >= 4 is 30.4 Å². The molecule has 0 aromatic heterocycles. The molecule has 1 saturated heterocycles. The van der Waals surface area contributed by atoms with E-state index in [1.165, 1.54) is 38.5 Å². The van der Waals surface area contributed by atoms with E-state index in [4.69, 9.17) is 10.5 Å². The van der Waals surface area contributed by atoms with E-state index in [-0.39, 0.29) is 12.0 Å². The lowest BCUT2D eigenvalue weighted by atomic mass is 9.77. The van der Waals surface area contributed by atoms with E-state index >= 15 is 0 Å². The van der Waals surface area contributed by atoms with Crippen molar-refractivity contribution in [2.75, 3.05) is 32.3 Å². The number of carbonyl (C=O) groups is 3. The van der Waals surface area contributed by atoms with Crippen LogP contribution in [0.1, 0.15) is 103 Å². The van der Waals surface area contributed by atoms with E-state index in [0.717, 1.165) is 73.4 Å². The molecule has 4 atom stereocenters. The number of aldehydes is 1. The SMILES string of the molecule is CCC(CCCC(N)CF)C(=O)N1CCC(C2CCCCC2)C1C.CCCOC.O=CNc1ccc2c(c1)C=C(C=O)C2. The Labute approximate surface area is 259 Å². The Balaban J connectivity index is 0.000000284. The zero-order valence-electron chi connectivity index (χ0n) is 27.0. The van der Waals surface area contributed by atoms with Crippen LogP contribution >= 0.6 is 0 Å². The number of methoxy groups -OCH3 is 1. The van der Waals surface area contributed by atoms with Crippen molar-refractivity contribution in [2.24, 2.45) is 23.5 Å². The molecular weight excluding hydrogens is 545 g/mol. The molecule has 7 nitrogen and oxygen atoms in total. The Hall–Kier alpha value is -2.58. The number of ether oxygens (including phenoxy) is 1. The van der Waals surface area contributed by atoms with Gasteiger partial charge in [-0.1, -0.05) is 58.4 Å². The summed E-state index contributed by atoms with van der Waals surface area (Å²) in [4.78, 5) is 35.9. The highest BCUT2D eigenvalue weighted by molar-refractivity contribution is 5.87. The fourth-order valence-corrected chi connectivity index (χ4v) is 6.71. The Morgan fingerprint density at radius 1 is 1.16 bits per heavy atom. The van der Waals surface area contributed by atoms with Crippen LogP contribution in [0, 0.1) is 17.8 Å². The van der Waals surface area contributed by atoms with Crippen molar-refractivity contribution in [3.05, 3.63) is 34.9 Å². The maximum Gasteiger partial charge on any atom is 0.225 e. The van der Waals surface area contributed by atoms with Crippen LogP contribution in [0.3, 0.4) is 0 Å². The van der Waals surface area contributed by atoms with Crippen molar-refractivity contribution < 1.29 is 23.5 Å². The number of nitrogens with two attached hydrogens (primary N) is 1. The molecule has 1 aromatic rings. The normalized spacial score (nSPS) is 20.9. The van der Waals surface area contributed by atoms with E-state index in [1.807, 2.05) is 24.3 Å². The minimum atomic E-state index is -0.461. The second-order valence-corrected chi connectivity index (χ2v) is 12.3. The minimum absolute atomic E-state index is 0.0874. The lowest BCUT2D eigenvalue weighted by Crippen LogP contribution is -2.41. The van der Waals surface area contributed by atoms with Crippen molar-refractivity contribution in [3.63, 3.8) is 0 Å². The quantitative estimate of drug-likeness (QED) is 0.244. The van der Waals surface area contributed by atoms with Crippen LogP contribution < -0.4 is 11.1 Å². The zero-order chi connectivity index (χ0) is 31.6. The summed E-state index contributed by atoms with van der Waals surface area (Å²) in [6, 6.07) is 5.64. The molecule has 1 aromatic carbocycles. The molecule has 0 spiro atoms. The first-order valence-electron chi connectivity index (χ1n) is 16.4. The molecule has 1 aliphatic heterocycles. The summed E-state index contributed by atoms with van der Waals surface area (Å²) in [5.74, 6) is 1.95. The Bertz CT molecular complexity index is 1010. The molecule has 1 saturated carbocycles. The average Bonchev–Trinajstić information content (AvgIpc) is 3.63. The number of likely N-dealkylation sites (tertiary alicyclic amines) is 1. The Kier molecular flexibility index (Phi) is 17.4. The molecule has 3 aliphatic rings. The Morgan fingerprint density at radius 2 is 1.91 bits per heavy atom. The van der Waals surface area contributed by atoms with Gasteiger partial charge in [0.2, 0.25) is 12.3 Å². The number of anilines is 1. The maximum atomic E-state index is 13.0. The molecule has 242 valence electrons. The van der Waals surface area contributed by atoms with E-state index in [0.29, 0.717) is 37.1 Å². The molecule has 43 heavy (non-hydrogen) atoms. The summed E-state index contributed by atoms with van der Waals surface area (Å²) in [6.45, 7) is 7.80. The lowest BCUT2D eigenvalue weighted by molar-refractivity contribution is -0.137. The molecule has 2 aliphatic carbocycles. The van der Waals surface area contributed by atoms with Gasteiger partial charge in [-0.25, -0.2) is 4.39 Å². The third-order valence-electron chi connectivity index (χ3n) is 9.19. The zero-order valence-corrected chi connectivity index (χ0v) is 27.0. The molecular formula is C35H56FN3O4. The van der Waals surface area contributed by atoms with Crippen LogP contribution in [0.5, 0.6) is 0 Å². The molecule has 4 unspecified atom stereocenters. The summed E-state index contributed by atoms with van der Waals surface area (Å²) in [7, 11) is 1.71. The predicted molar refractivity (Wildman–Crippen MR) is 173 cm³/mol. The van der Waals surface area contributed by atoms with Crippen LogP contribution in [0.15, 0.2) is 23.8 Å². The van der Waals surface area contributed by atoms with Crippen molar-refractivity contribution in [3.8, 4) is 0 Å². The average molecular weight is 602 g/mol. The molecule has 2 fully saturated rings. The first-order chi connectivity index (χ1) is 20.8. The van der Waals surface area contributed by atoms with E-state index in [1.54, 1.807) is 7.11 Å². The van der Waals surface area contributed by atoms with Gasteiger partial charge in [0.1, 0.15) is 13.0 Å². The number of hydrogen-bond acceptors (Lipinski definition) is 5. The number of halogens is 1. The molecule has 1 heterocycles. The molecule has 3 N–H and O–H groups in total. The van der Waals surface area contributed by atoms with Gasteiger partial charge < -0.3 is 20.7 Å². The van der Waals surface area contributed by atoms with Crippen molar-refractivity contribution in [1.82, 2.24) is 4.90 Å². The van der Waals surface area contributed by atoms with E-state index < -0.39 is 6.67 Å². The number of nitrogens with one attached hydrogen (secondary N) is 1. The number of allylic oxidation sites excluding steroid dienone is 1. The Morgan fingerprint density at radius 3 is 2.49 bits per heavy atom. The maximum absolute atomic E-state index is 13.0. The summed E-state index contributed by atoms with van der Waals surface area (Å²) in [6.07, 6.45) is 16.4. The van der Waals surface area contributed by atoms with Crippen LogP contribution in [0.4, 0.5) is 10.1 Å². The minimum Gasteiger partial charge on any atom is -0.385 e. The number of carbonyl (C=O) groups excluding carboxylic acids is 3. The molecule has 0 bridgehead atoms. The van der Waals surface area contributed by atoms with Crippen LogP contribution in [-0.4, -0.2) is 62.5 Å². The molecule has 8 heteroatoms. The molecule has 4 rings (SSSR count). The fraction of sp³-hybridized carbons (Fsp3) is 0.686. The number of rotatable bonds is 13. The fourth-order valence-electron chi connectivity index (χ4n) is 6.71. The van der Waals surface area contributed by atoms with Gasteiger partial charge in [0.15, 0.2) is 0 Å². The van der Waals surface area contributed by atoms with Crippen LogP contribution in [-0.2, 0) is 25.5 Å². The predicted octanol–water partition coefficient (Wildman–Crippen LogP) is 6.73. The summed E-state index contributed by atoms with van der Waals surface area (Å²) >= 11 is 0. The van der Waals surface area contributed by atoms with Crippen LogP contribution in [0.2, 0.25) is 0 Å². The second-order valence-electron chi connectivity index (χ2n) is 12.3. The highest BCUT2D eigenvalue weighted by atomic mass is 19.1. The van der Waals surface area contributed by atoms with Gasteiger partial charge in [-0.2, -0.15) is 0 Å². The number of nitrogens with zero attached hydrogens (tertiary/aromatic N) is 1. The van der Waals surface area contributed by atoms with E-state index in [2.05, 4.69) is 31.0 Å². The smallest absolute Gasteiger partial charge is 0.225 e. The molecule has 2 amide bonds. The number of amides is 2. The highest BCUT2D eigenvalue weighted by Crippen LogP contribution is 2.39. The first-order valence-corrected chi connectivity index (χ1v) is 16.4. The van der Waals surface area contributed by atoms with Gasteiger partial charge in [0, 0.05) is 50.4 Å². The van der Waals surface area contributed by atoms with Gasteiger partial charge in [-0.05, 0) is 85.8 Å². The summed E-state index contributed by atoms with van der Waals surface area (Å²) < 4.78 is 17.2. The topological polar surface area (TPSA) is 102 Å². The monoisotopic (exact) mass is 601 g/mol. The highest BCUT2D eigenvalue weighted by Gasteiger charge is 2.39. The summed E-state index contributed by atoms with van der Waals surface area (Å²) in [5, 5.41) is 2.57. The van der Waals surface area contributed by atoms with Crippen molar-refractivity contribution in [2.45, 2.75) is 110 Å². The van der Waals surface area contributed by atoms with Gasteiger partial charge in [-0.15, -0.1) is 0 Å². The largest absolute Gasteiger partial charge is 0.385 e. The number of hydrogen-bond donors (Lipinski definition) is 2. The summed E-state index contributed by atoms with van der Waals surface area (Å²) in [5.41, 5.74) is 9.33. The number of benzene rings is 1. The van der Waals surface area contributed by atoms with Crippen LogP contribution in [0.25, 0.3) is 6.08 Å². The third-order valence-corrected chi connectivity index (χ3v) is 9.19. The number of fused-ring (bicyclic) bond motifs is 1. The van der Waals surface area contributed by atoms with Gasteiger partial charge in [0.25, 0.3) is 0 Å². The lowest BCUT2D eigenvalue weighted by Gasteiger charge is -2.33. The van der Waals surface area contributed by atoms with Gasteiger partial charge in [0.05, 0.1) is 0 Å². The van der Waals surface area contributed by atoms with Gasteiger partial charge in [-0.3, -0.25) is 14.4 Å². The van der Waals surface area contributed by atoms with E-state index in [9.17, 15) is 18.8 Å².